The summed E-state index contributed by atoms with van der Waals surface area (Å²) >= 11 is 3.33. The fraction of sp³-hybridized carbons (Fsp3) is 0.294. The van der Waals surface area contributed by atoms with Crippen molar-refractivity contribution in [1.29, 1.82) is 0 Å². The highest BCUT2D eigenvalue weighted by Crippen LogP contribution is 2.14. The summed E-state index contributed by atoms with van der Waals surface area (Å²) in [6, 6.07) is 11.2. The second-order valence-electron chi connectivity index (χ2n) is 5.71. The molecule has 0 bridgehead atoms. The molecule has 2 N–H and O–H groups in total. The lowest BCUT2D eigenvalue weighted by atomic mass is 10.2. The number of nitrogens with zero attached hydrogens (tertiary/aromatic N) is 2. The lowest BCUT2D eigenvalue weighted by molar-refractivity contribution is -0.117. The number of rotatable bonds is 4. The molecule has 0 radical (unpaired) electrons. The zero-order valence-corrected chi connectivity index (χ0v) is 14.8. The maximum absolute atomic E-state index is 12.4. The summed E-state index contributed by atoms with van der Waals surface area (Å²) in [7, 11) is 0. The van der Waals surface area contributed by atoms with E-state index < -0.39 is 0 Å². The predicted octanol–water partition coefficient (Wildman–Crippen LogP) is 2.17. The summed E-state index contributed by atoms with van der Waals surface area (Å²) in [5.74, 6) is -0.0386. The highest BCUT2D eigenvalue weighted by Gasteiger charge is 2.24. The van der Waals surface area contributed by atoms with E-state index in [9.17, 15) is 9.59 Å². The Morgan fingerprint density at radius 2 is 1.83 bits per heavy atom. The van der Waals surface area contributed by atoms with Gasteiger partial charge in [0.25, 0.3) is 5.91 Å². The van der Waals surface area contributed by atoms with Crippen LogP contribution in [0.3, 0.4) is 0 Å². The molecular formula is C17H19BrN4O2. The SMILES string of the molecule is O=C(CN1CCN(C(=O)c2cc(Br)c[nH]2)CC1)Nc1ccccc1. The summed E-state index contributed by atoms with van der Waals surface area (Å²) in [5.41, 5.74) is 1.38. The number of anilines is 1. The Bertz CT molecular complexity index is 708. The van der Waals surface area contributed by atoms with Crippen LogP contribution in [0.25, 0.3) is 0 Å². The topological polar surface area (TPSA) is 68.4 Å². The quantitative estimate of drug-likeness (QED) is 0.840. The Labute approximate surface area is 149 Å². The van der Waals surface area contributed by atoms with Crippen LogP contribution in [-0.2, 0) is 4.79 Å². The number of amides is 2. The van der Waals surface area contributed by atoms with Gasteiger partial charge in [-0.25, -0.2) is 0 Å². The van der Waals surface area contributed by atoms with E-state index in [4.69, 9.17) is 0 Å². The molecule has 0 spiro atoms. The van der Waals surface area contributed by atoms with Crippen LogP contribution in [0.2, 0.25) is 0 Å². The number of aromatic nitrogens is 1. The first-order valence-corrected chi connectivity index (χ1v) is 8.61. The molecule has 1 aliphatic heterocycles. The number of benzene rings is 1. The number of aromatic amines is 1. The summed E-state index contributed by atoms with van der Waals surface area (Å²) in [6.45, 7) is 2.96. The molecule has 1 aromatic carbocycles. The Balaban J connectivity index is 1.46. The fourth-order valence-electron chi connectivity index (χ4n) is 2.70. The maximum atomic E-state index is 12.4. The Morgan fingerprint density at radius 1 is 1.12 bits per heavy atom. The van der Waals surface area contributed by atoms with Gasteiger partial charge in [0.15, 0.2) is 0 Å². The first kappa shape index (κ1) is 16.7. The summed E-state index contributed by atoms with van der Waals surface area (Å²) in [4.78, 5) is 31.3. The third kappa shape index (κ3) is 4.24. The lowest BCUT2D eigenvalue weighted by Gasteiger charge is -2.34. The van der Waals surface area contributed by atoms with Crippen LogP contribution in [0.4, 0.5) is 5.69 Å². The van der Waals surface area contributed by atoms with Gasteiger partial charge in [-0.1, -0.05) is 18.2 Å². The molecule has 2 amide bonds. The van der Waals surface area contributed by atoms with Crippen molar-refractivity contribution < 1.29 is 9.59 Å². The molecule has 1 saturated heterocycles. The van der Waals surface area contributed by atoms with E-state index in [1.54, 1.807) is 12.3 Å². The zero-order chi connectivity index (χ0) is 16.9. The van der Waals surface area contributed by atoms with Crippen LogP contribution in [-0.4, -0.2) is 59.3 Å². The smallest absolute Gasteiger partial charge is 0.270 e. The van der Waals surface area contributed by atoms with Gasteiger partial charge in [-0.05, 0) is 34.1 Å². The number of hydrogen-bond acceptors (Lipinski definition) is 3. The second-order valence-corrected chi connectivity index (χ2v) is 6.63. The van der Waals surface area contributed by atoms with Gasteiger partial charge in [-0.2, -0.15) is 0 Å². The number of hydrogen-bond donors (Lipinski definition) is 2. The average molecular weight is 391 g/mol. The zero-order valence-electron chi connectivity index (χ0n) is 13.2. The fourth-order valence-corrected chi connectivity index (χ4v) is 3.04. The van der Waals surface area contributed by atoms with Crippen molar-refractivity contribution in [2.24, 2.45) is 0 Å². The van der Waals surface area contributed by atoms with Crippen LogP contribution in [0.1, 0.15) is 10.5 Å². The minimum absolute atomic E-state index is 0.00547. The Hall–Kier alpha value is -2.12. The summed E-state index contributed by atoms with van der Waals surface area (Å²) in [6.07, 6.45) is 1.75. The highest BCUT2D eigenvalue weighted by molar-refractivity contribution is 9.10. The van der Waals surface area contributed by atoms with Crippen molar-refractivity contribution in [1.82, 2.24) is 14.8 Å². The number of para-hydroxylation sites is 1. The molecule has 126 valence electrons. The van der Waals surface area contributed by atoms with E-state index in [1.807, 2.05) is 35.2 Å². The number of nitrogens with one attached hydrogen (secondary N) is 2. The molecule has 0 aliphatic carbocycles. The van der Waals surface area contributed by atoms with E-state index in [2.05, 4.69) is 31.1 Å². The predicted molar refractivity (Wildman–Crippen MR) is 95.9 cm³/mol. The monoisotopic (exact) mass is 390 g/mol. The minimum atomic E-state index is -0.0331. The van der Waals surface area contributed by atoms with Crippen molar-refractivity contribution in [3.05, 3.63) is 52.8 Å². The molecule has 0 saturated carbocycles. The molecule has 3 rings (SSSR count). The first-order valence-electron chi connectivity index (χ1n) is 7.82. The molecule has 0 unspecified atom stereocenters. The van der Waals surface area contributed by atoms with E-state index in [-0.39, 0.29) is 11.8 Å². The minimum Gasteiger partial charge on any atom is -0.356 e. The highest BCUT2D eigenvalue weighted by atomic mass is 79.9. The van der Waals surface area contributed by atoms with Gasteiger partial charge in [-0.15, -0.1) is 0 Å². The van der Waals surface area contributed by atoms with Crippen LogP contribution < -0.4 is 5.32 Å². The van der Waals surface area contributed by atoms with E-state index >= 15 is 0 Å². The number of carbonyl (C=O) groups excluding carboxylic acids is 2. The van der Waals surface area contributed by atoms with Gasteiger partial charge in [0, 0.05) is 42.5 Å². The van der Waals surface area contributed by atoms with Crippen molar-refractivity contribution in [3.63, 3.8) is 0 Å². The number of carbonyl (C=O) groups is 2. The van der Waals surface area contributed by atoms with E-state index in [0.717, 1.165) is 10.2 Å². The molecule has 2 aromatic rings. The molecule has 24 heavy (non-hydrogen) atoms. The van der Waals surface area contributed by atoms with Crippen LogP contribution >= 0.6 is 15.9 Å². The lowest BCUT2D eigenvalue weighted by Crippen LogP contribution is -2.50. The molecule has 0 atom stereocenters. The van der Waals surface area contributed by atoms with Gasteiger partial charge in [-0.3, -0.25) is 14.5 Å². The van der Waals surface area contributed by atoms with Crippen LogP contribution in [0.15, 0.2) is 47.1 Å². The van der Waals surface area contributed by atoms with Crippen LogP contribution in [0.5, 0.6) is 0 Å². The number of H-pyrrole nitrogens is 1. The van der Waals surface area contributed by atoms with Crippen molar-refractivity contribution in [2.75, 3.05) is 38.0 Å². The third-order valence-corrected chi connectivity index (χ3v) is 4.42. The van der Waals surface area contributed by atoms with Gasteiger partial charge in [0.05, 0.1) is 6.54 Å². The molecule has 2 heterocycles. The molecule has 1 aromatic heterocycles. The first-order chi connectivity index (χ1) is 11.6. The molecule has 1 aliphatic rings. The molecular weight excluding hydrogens is 372 g/mol. The van der Waals surface area contributed by atoms with Crippen molar-refractivity contribution >= 4 is 33.4 Å². The van der Waals surface area contributed by atoms with Gasteiger partial charge < -0.3 is 15.2 Å². The third-order valence-electron chi connectivity index (χ3n) is 3.96. The molecule has 1 fully saturated rings. The molecule has 6 nitrogen and oxygen atoms in total. The van der Waals surface area contributed by atoms with E-state index in [0.29, 0.717) is 38.4 Å². The normalized spacial score (nSPS) is 15.3. The van der Waals surface area contributed by atoms with Gasteiger partial charge >= 0.3 is 0 Å². The van der Waals surface area contributed by atoms with Gasteiger partial charge in [0.1, 0.15) is 5.69 Å². The van der Waals surface area contributed by atoms with Gasteiger partial charge in [0.2, 0.25) is 5.91 Å². The number of piperazine rings is 1. The number of halogens is 1. The largest absolute Gasteiger partial charge is 0.356 e. The molecule has 7 heteroatoms. The van der Waals surface area contributed by atoms with Crippen LogP contribution in [0, 0.1) is 0 Å². The standard InChI is InChI=1S/C17H19BrN4O2/c18-13-10-15(19-11-13)17(24)22-8-6-21(7-9-22)12-16(23)20-14-4-2-1-3-5-14/h1-5,10-11,19H,6-9,12H2,(H,20,23). The van der Waals surface area contributed by atoms with E-state index in [1.165, 1.54) is 0 Å². The Kier molecular flexibility index (Phi) is 5.32. The van der Waals surface area contributed by atoms with Crippen molar-refractivity contribution in [2.45, 2.75) is 0 Å². The maximum Gasteiger partial charge on any atom is 0.270 e. The average Bonchev–Trinajstić information content (AvgIpc) is 3.02. The Morgan fingerprint density at radius 3 is 2.46 bits per heavy atom. The second kappa shape index (κ2) is 7.63. The summed E-state index contributed by atoms with van der Waals surface area (Å²) < 4.78 is 0.863. The van der Waals surface area contributed by atoms with Crippen molar-refractivity contribution in [3.8, 4) is 0 Å². The summed E-state index contributed by atoms with van der Waals surface area (Å²) in [5, 5.41) is 2.88.